The highest BCUT2D eigenvalue weighted by Crippen LogP contribution is 2.13. The molecule has 5 heteroatoms. The Morgan fingerprint density at radius 3 is 2.59 bits per heavy atom. The van der Waals surface area contributed by atoms with Crippen LogP contribution in [0.2, 0.25) is 0 Å². The Bertz CT molecular complexity index is 914. The van der Waals surface area contributed by atoms with Crippen LogP contribution in [0.25, 0.3) is 0 Å². The Hall–Kier alpha value is -3.08. The third-order valence-corrected chi connectivity index (χ3v) is 4.98. The highest BCUT2D eigenvalue weighted by atomic mass is 15.2. The minimum Gasteiger partial charge on any atom is -0.357 e. The zero-order valence-electron chi connectivity index (χ0n) is 17.6. The van der Waals surface area contributed by atoms with E-state index in [2.05, 4.69) is 88.6 Å². The van der Waals surface area contributed by atoms with Gasteiger partial charge in [-0.15, -0.1) is 0 Å². The molecule has 1 aromatic heterocycles. The maximum absolute atomic E-state index is 4.78. The predicted octanol–water partition coefficient (Wildman–Crippen LogP) is 4.10. The van der Waals surface area contributed by atoms with Crippen molar-refractivity contribution in [3.63, 3.8) is 0 Å². The quantitative estimate of drug-likeness (QED) is 0.450. The second-order valence-corrected chi connectivity index (χ2v) is 7.31. The summed E-state index contributed by atoms with van der Waals surface area (Å²) in [6, 6.07) is 19.2. The van der Waals surface area contributed by atoms with Crippen LogP contribution in [-0.2, 0) is 13.1 Å². The zero-order chi connectivity index (χ0) is 20.5. The first-order valence-electron chi connectivity index (χ1n) is 10.3. The highest BCUT2D eigenvalue weighted by Gasteiger charge is 2.06. The van der Waals surface area contributed by atoms with Crippen molar-refractivity contribution >= 4 is 5.96 Å². The topological polar surface area (TPSA) is 54.2 Å². The minimum atomic E-state index is 0.418. The fourth-order valence-corrected chi connectivity index (χ4v) is 3.26. The van der Waals surface area contributed by atoms with E-state index in [0.717, 1.165) is 31.4 Å². The van der Waals surface area contributed by atoms with Crippen molar-refractivity contribution in [3.05, 3.63) is 89.5 Å². The van der Waals surface area contributed by atoms with Crippen LogP contribution in [0.4, 0.5) is 0 Å². The lowest BCUT2D eigenvalue weighted by Gasteiger charge is -2.16. The molecule has 0 bridgehead atoms. The van der Waals surface area contributed by atoms with E-state index in [-0.39, 0.29) is 0 Å². The molecule has 0 aliphatic carbocycles. The Morgan fingerprint density at radius 1 is 1.07 bits per heavy atom. The molecule has 1 heterocycles. The Labute approximate surface area is 173 Å². The fraction of sp³-hybridized carbons (Fsp3) is 0.333. The smallest absolute Gasteiger partial charge is 0.191 e. The Balaban J connectivity index is 1.61. The molecule has 5 nitrogen and oxygen atoms in total. The first-order valence-corrected chi connectivity index (χ1v) is 10.3. The molecular weight excluding hydrogens is 358 g/mol. The molecule has 29 heavy (non-hydrogen) atoms. The van der Waals surface area contributed by atoms with E-state index < -0.39 is 0 Å². The number of hydrogen-bond donors (Lipinski definition) is 2. The molecule has 0 amide bonds. The number of aromatic nitrogens is 2. The van der Waals surface area contributed by atoms with Crippen LogP contribution in [0, 0.1) is 6.92 Å². The number of benzene rings is 2. The van der Waals surface area contributed by atoms with Crippen LogP contribution in [0.15, 0.2) is 72.0 Å². The van der Waals surface area contributed by atoms with Gasteiger partial charge in [-0.05, 0) is 36.5 Å². The van der Waals surface area contributed by atoms with Gasteiger partial charge in [0.15, 0.2) is 5.96 Å². The Morgan fingerprint density at radius 2 is 1.86 bits per heavy atom. The van der Waals surface area contributed by atoms with Crippen LogP contribution in [0.1, 0.15) is 42.3 Å². The van der Waals surface area contributed by atoms with E-state index >= 15 is 0 Å². The van der Waals surface area contributed by atoms with Crippen LogP contribution in [0.3, 0.4) is 0 Å². The summed E-state index contributed by atoms with van der Waals surface area (Å²) in [5.74, 6) is 2.30. The van der Waals surface area contributed by atoms with Gasteiger partial charge in [-0.3, -0.25) is 0 Å². The average Bonchev–Trinajstić information content (AvgIpc) is 3.15. The van der Waals surface area contributed by atoms with Crippen molar-refractivity contribution in [2.24, 2.45) is 4.99 Å². The van der Waals surface area contributed by atoms with Gasteiger partial charge in [0, 0.05) is 32.0 Å². The number of hydrogen-bond acceptors (Lipinski definition) is 2. The van der Waals surface area contributed by atoms with Crippen molar-refractivity contribution in [1.29, 1.82) is 0 Å². The number of aliphatic imine (C=N–C) groups is 1. The van der Waals surface area contributed by atoms with E-state index in [1.165, 1.54) is 16.7 Å². The minimum absolute atomic E-state index is 0.418. The second kappa shape index (κ2) is 10.5. The third-order valence-electron chi connectivity index (χ3n) is 4.98. The van der Waals surface area contributed by atoms with Crippen molar-refractivity contribution < 1.29 is 0 Å². The molecular formula is C24H31N5. The number of aryl methyl sites for hydroxylation is 1. The van der Waals surface area contributed by atoms with Gasteiger partial charge in [-0.25, -0.2) is 9.98 Å². The standard InChI is InChI=1S/C24H31N5/c1-4-25-24(27-16-19(2)23-11-6-5-7-12-23)28-17-21-9-8-10-22(15-21)18-29-14-13-26-20(29)3/h5-15,19H,4,16-18H2,1-3H3,(H2,25,27,28). The normalized spacial score (nSPS) is 12.6. The Kier molecular flexibility index (Phi) is 7.45. The lowest BCUT2D eigenvalue weighted by atomic mass is 10.0. The summed E-state index contributed by atoms with van der Waals surface area (Å²) in [4.78, 5) is 9.08. The van der Waals surface area contributed by atoms with Crippen LogP contribution < -0.4 is 10.6 Å². The lowest BCUT2D eigenvalue weighted by Crippen LogP contribution is -2.39. The van der Waals surface area contributed by atoms with Gasteiger partial charge in [0.2, 0.25) is 0 Å². The van der Waals surface area contributed by atoms with Crippen molar-refractivity contribution in [3.8, 4) is 0 Å². The molecule has 0 saturated carbocycles. The van der Waals surface area contributed by atoms with E-state index in [0.29, 0.717) is 12.5 Å². The summed E-state index contributed by atoms with van der Waals surface area (Å²) in [6.45, 7) is 9.50. The molecule has 0 spiro atoms. The number of nitrogens with zero attached hydrogens (tertiary/aromatic N) is 3. The van der Waals surface area contributed by atoms with Gasteiger partial charge in [0.1, 0.15) is 5.82 Å². The van der Waals surface area contributed by atoms with Crippen LogP contribution >= 0.6 is 0 Å². The summed E-state index contributed by atoms with van der Waals surface area (Å²) in [6.07, 6.45) is 3.86. The van der Waals surface area contributed by atoms with Gasteiger partial charge < -0.3 is 15.2 Å². The van der Waals surface area contributed by atoms with Gasteiger partial charge in [0.25, 0.3) is 0 Å². The van der Waals surface area contributed by atoms with E-state index in [4.69, 9.17) is 4.99 Å². The molecule has 2 aromatic carbocycles. The van der Waals surface area contributed by atoms with Gasteiger partial charge in [0.05, 0.1) is 6.54 Å². The maximum atomic E-state index is 4.78. The molecule has 0 aliphatic rings. The van der Waals surface area contributed by atoms with E-state index in [1.807, 2.05) is 19.3 Å². The summed E-state index contributed by atoms with van der Waals surface area (Å²) >= 11 is 0. The molecule has 152 valence electrons. The third kappa shape index (κ3) is 6.21. The number of rotatable bonds is 8. The summed E-state index contributed by atoms with van der Waals surface area (Å²) in [5.41, 5.74) is 3.79. The van der Waals surface area contributed by atoms with Gasteiger partial charge in [-0.1, -0.05) is 61.5 Å². The highest BCUT2D eigenvalue weighted by molar-refractivity contribution is 5.79. The molecule has 0 radical (unpaired) electrons. The zero-order valence-corrected chi connectivity index (χ0v) is 17.6. The van der Waals surface area contributed by atoms with Crippen molar-refractivity contribution in [1.82, 2.24) is 20.2 Å². The molecule has 3 aromatic rings. The second-order valence-electron chi connectivity index (χ2n) is 7.31. The lowest BCUT2D eigenvalue weighted by molar-refractivity contribution is 0.699. The molecule has 0 aliphatic heterocycles. The van der Waals surface area contributed by atoms with E-state index in [9.17, 15) is 0 Å². The summed E-state index contributed by atoms with van der Waals surface area (Å²) < 4.78 is 2.15. The largest absolute Gasteiger partial charge is 0.357 e. The van der Waals surface area contributed by atoms with Crippen LogP contribution in [-0.4, -0.2) is 28.6 Å². The fourth-order valence-electron chi connectivity index (χ4n) is 3.26. The van der Waals surface area contributed by atoms with Crippen LogP contribution in [0.5, 0.6) is 0 Å². The SMILES string of the molecule is CCNC(=NCc1cccc(Cn2ccnc2C)c1)NCC(C)c1ccccc1. The van der Waals surface area contributed by atoms with Gasteiger partial charge in [-0.2, -0.15) is 0 Å². The van der Waals surface area contributed by atoms with E-state index in [1.54, 1.807) is 0 Å². The molecule has 0 saturated heterocycles. The van der Waals surface area contributed by atoms with Gasteiger partial charge >= 0.3 is 0 Å². The van der Waals surface area contributed by atoms with Crippen molar-refractivity contribution in [2.75, 3.05) is 13.1 Å². The molecule has 3 rings (SSSR count). The maximum Gasteiger partial charge on any atom is 0.191 e. The predicted molar refractivity (Wildman–Crippen MR) is 120 cm³/mol. The first-order chi connectivity index (χ1) is 14.2. The van der Waals surface area contributed by atoms with Crippen molar-refractivity contribution in [2.45, 2.75) is 39.8 Å². The molecule has 1 unspecified atom stereocenters. The average molecular weight is 390 g/mol. The summed E-state index contributed by atoms with van der Waals surface area (Å²) in [7, 11) is 0. The number of imidazole rings is 1. The summed E-state index contributed by atoms with van der Waals surface area (Å²) in [5, 5.41) is 6.82. The first kappa shape index (κ1) is 20.6. The molecule has 0 fully saturated rings. The number of nitrogens with one attached hydrogen (secondary N) is 2. The molecule has 2 N–H and O–H groups in total. The monoisotopic (exact) mass is 389 g/mol. The molecule has 1 atom stereocenters. The number of guanidine groups is 1.